The van der Waals surface area contributed by atoms with Gasteiger partial charge < -0.3 is 14.3 Å². The molecule has 0 radical (unpaired) electrons. The van der Waals surface area contributed by atoms with E-state index in [2.05, 4.69) is 6.92 Å². The van der Waals surface area contributed by atoms with Crippen LogP contribution in [0.15, 0.2) is 0 Å². The van der Waals surface area contributed by atoms with Crippen molar-refractivity contribution in [2.45, 2.75) is 26.4 Å². The molecule has 0 amide bonds. The molecule has 0 saturated carbocycles. The fraction of sp³-hybridized carbons (Fsp3) is 0.857. The smallest absolute Gasteiger partial charge is 0.334 e. The molecule has 0 saturated heterocycles. The molecule has 0 aromatic rings. The topological polar surface area (TPSA) is 42.3 Å². The summed E-state index contributed by atoms with van der Waals surface area (Å²) in [5, 5.41) is 6.08. The predicted molar refractivity (Wildman–Crippen MR) is 50.6 cm³/mol. The van der Waals surface area contributed by atoms with Gasteiger partial charge in [-0.3, -0.25) is 0 Å². The largest absolute Gasteiger partial charge is 0.398 e. The van der Waals surface area contributed by atoms with Gasteiger partial charge in [-0.1, -0.05) is 6.92 Å². The van der Waals surface area contributed by atoms with Crippen LogP contribution in [0.25, 0.3) is 0 Å². The van der Waals surface area contributed by atoms with Crippen molar-refractivity contribution in [3.63, 3.8) is 0 Å². The van der Waals surface area contributed by atoms with Crippen LogP contribution in [0.2, 0.25) is 12.6 Å². The molecular weight excluding hydrogens is 158 g/mol. The summed E-state index contributed by atoms with van der Waals surface area (Å²) in [6.07, 6.45) is 1.25. The number of hydrogen-bond acceptors (Lipinski definition) is 3. The summed E-state index contributed by atoms with van der Waals surface area (Å²) in [7, 11) is 1.74. The Morgan fingerprint density at radius 1 is 1.36 bits per heavy atom. The van der Waals surface area contributed by atoms with Crippen molar-refractivity contribution in [1.82, 2.24) is 0 Å². The summed E-state index contributed by atoms with van der Waals surface area (Å²) < 4.78 is 10.3. The van der Waals surface area contributed by atoms with Crippen molar-refractivity contribution in [3.05, 3.63) is 0 Å². The average molecular weight is 177 g/mol. The Kier molecular flexibility index (Phi) is 9.63. The van der Waals surface area contributed by atoms with Gasteiger partial charge in [0.25, 0.3) is 0 Å². The number of rotatable bonds is 3. The Labute approximate surface area is 70.5 Å². The Balaban J connectivity index is 0. The second kappa shape index (κ2) is 7.91. The Hall–Kier alpha value is -0.193. The zero-order valence-electron chi connectivity index (χ0n) is 8.10. The minimum Gasteiger partial charge on any atom is -0.398 e. The van der Waals surface area contributed by atoms with E-state index in [-0.39, 0.29) is 0 Å². The first-order chi connectivity index (χ1) is 5.10. The van der Waals surface area contributed by atoms with Gasteiger partial charge in [0.15, 0.2) is 0 Å². The molecular formula is C7H19NO2Si. The van der Waals surface area contributed by atoms with Crippen LogP contribution in [0.1, 0.15) is 13.8 Å². The van der Waals surface area contributed by atoms with Gasteiger partial charge in [0.1, 0.15) is 0 Å². The van der Waals surface area contributed by atoms with E-state index in [1.165, 1.54) is 6.21 Å². The molecule has 4 heteroatoms. The van der Waals surface area contributed by atoms with Crippen LogP contribution >= 0.6 is 0 Å². The Morgan fingerprint density at radius 2 is 1.64 bits per heavy atom. The first kappa shape index (κ1) is 13.4. The van der Waals surface area contributed by atoms with E-state index < -0.39 is 8.56 Å². The van der Waals surface area contributed by atoms with Gasteiger partial charge in [0.2, 0.25) is 0 Å². The van der Waals surface area contributed by atoms with Crippen molar-refractivity contribution in [1.29, 1.82) is 5.41 Å². The fourth-order valence-corrected chi connectivity index (χ4v) is 1.12. The monoisotopic (exact) mass is 177 g/mol. The van der Waals surface area contributed by atoms with Crippen LogP contribution in [0.4, 0.5) is 0 Å². The van der Waals surface area contributed by atoms with Gasteiger partial charge in [-0.05, 0) is 25.7 Å². The summed E-state index contributed by atoms with van der Waals surface area (Å²) in [6.45, 7) is 5.80. The zero-order chi connectivity index (χ0) is 9.33. The lowest BCUT2D eigenvalue weighted by Gasteiger charge is -2.19. The van der Waals surface area contributed by atoms with E-state index >= 15 is 0 Å². The quantitative estimate of drug-likeness (QED) is 0.529. The molecule has 0 unspecified atom stereocenters. The highest BCUT2D eigenvalue weighted by atomic mass is 28.4. The fourth-order valence-electron chi connectivity index (χ4n) is 0.372. The maximum absolute atomic E-state index is 6.08. The van der Waals surface area contributed by atoms with Crippen LogP contribution in [0, 0.1) is 5.41 Å². The van der Waals surface area contributed by atoms with Crippen molar-refractivity contribution >= 4 is 14.8 Å². The van der Waals surface area contributed by atoms with Crippen LogP contribution in [-0.2, 0) is 8.85 Å². The summed E-state index contributed by atoms with van der Waals surface area (Å²) in [6, 6.07) is 1.01. The summed E-state index contributed by atoms with van der Waals surface area (Å²) in [5.41, 5.74) is 0. The van der Waals surface area contributed by atoms with Crippen LogP contribution in [0.5, 0.6) is 0 Å². The Morgan fingerprint density at radius 3 is 1.64 bits per heavy atom. The van der Waals surface area contributed by atoms with Gasteiger partial charge in [-0.25, -0.2) is 0 Å². The van der Waals surface area contributed by atoms with Crippen LogP contribution in [0.3, 0.4) is 0 Å². The molecule has 0 aliphatic rings. The second-order valence-electron chi connectivity index (χ2n) is 2.18. The van der Waals surface area contributed by atoms with Crippen molar-refractivity contribution in [3.8, 4) is 0 Å². The normalized spacial score (nSPS) is 9.91. The Bertz CT molecular complexity index is 86.2. The highest BCUT2D eigenvalue weighted by molar-refractivity contribution is 6.65. The summed E-state index contributed by atoms with van der Waals surface area (Å²) in [4.78, 5) is 0. The molecule has 0 aliphatic heterocycles. The van der Waals surface area contributed by atoms with E-state index in [1.54, 1.807) is 21.1 Å². The molecule has 0 aliphatic carbocycles. The second-order valence-corrected chi connectivity index (χ2v) is 5.98. The zero-order valence-corrected chi connectivity index (χ0v) is 9.10. The highest BCUT2D eigenvalue weighted by Gasteiger charge is 2.24. The maximum atomic E-state index is 6.08. The van der Waals surface area contributed by atoms with E-state index in [4.69, 9.17) is 14.3 Å². The standard InChI is InChI=1S/C5H14O2Si.C2H5N/c1-5-8(4,6-2)7-3;1-2-3/h5H2,1-4H3;2-3H,1H3. The SMILES string of the molecule is CC=N.CC[Si](C)(OC)OC. The molecule has 0 aromatic carbocycles. The van der Waals surface area contributed by atoms with Gasteiger partial charge in [0.05, 0.1) is 0 Å². The van der Waals surface area contributed by atoms with Gasteiger partial charge in [0, 0.05) is 14.2 Å². The lowest BCUT2D eigenvalue weighted by Crippen LogP contribution is -2.34. The van der Waals surface area contributed by atoms with Gasteiger partial charge >= 0.3 is 8.56 Å². The third kappa shape index (κ3) is 7.71. The molecule has 0 fully saturated rings. The first-order valence-electron chi connectivity index (χ1n) is 3.65. The van der Waals surface area contributed by atoms with Gasteiger partial charge in [-0.15, -0.1) is 0 Å². The molecule has 0 spiro atoms. The molecule has 1 N–H and O–H groups in total. The minimum absolute atomic E-state index is 1.01. The number of nitrogens with one attached hydrogen (secondary N) is 1. The van der Waals surface area contributed by atoms with Crippen LogP contribution in [-0.4, -0.2) is 29.0 Å². The third-order valence-corrected chi connectivity index (χ3v) is 4.52. The van der Waals surface area contributed by atoms with E-state index in [9.17, 15) is 0 Å². The molecule has 0 atom stereocenters. The van der Waals surface area contributed by atoms with E-state index in [1.807, 2.05) is 6.55 Å². The van der Waals surface area contributed by atoms with Gasteiger partial charge in [-0.2, -0.15) is 0 Å². The third-order valence-electron chi connectivity index (χ3n) is 1.51. The van der Waals surface area contributed by atoms with Crippen molar-refractivity contribution in [2.24, 2.45) is 0 Å². The first-order valence-corrected chi connectivity index (χ1v) is 6.18. The molecule has 3 nitrogen and oxygen atoms in total. The number of hydrogen-bond donors (Lipinski definition) is 1. The lowest BCUT2D eigenvalue weighted by atomic mass is 10.9. The highest BCUT2D eigenvalue weighted by Crippen LogP contribution is 2.08. The van der Waals surface area contributed by atoms with Crippen LogP contribution < -0.4 is 0 Å². The molecule has 0 aromatic heterocycles. The molecule has 0 rings (SSSR count). The molecule has 68 valence electrons. The van der Waals surface area contributed by atoms with E-state index in [0.717, 1.165) is 6.04 Å². The minimum atomic E-state index is -1.67. The van der Waals surface area contributed by atoms with E-state index in [0.29, 0.717) is 0 Å². The van der Waals surface area contributed by atoms with Crippen molar-refractivity contribution < 1.29 is 8.85 Å². The molecule has 0 bridgehead atoms. The predicted octanol–water partition coefficient (Wildman–Crippen LogP) is 2.03. The molecule has 11 heavy (non-hydrogen) atoms. The molecule has 0 heterocycles. The van der Waals surface area contributed by atoms with Crippen molar-refractivity contribution in [2.75, 3.05) is 14.2 Å². The summed E-state index contributed by atoms with van der Waals surface area (Å²) >= 11 is 0. The maximum Gasteiger partial charge on any atom is 0.334 e. The lowest BCUT2D eigenvalue weighted by molar-refractivity contribution is 0.251. The average Bonchev–Trinajstić information content (AvgIpc) is 2.05. The summed E-state index contributed by atoms with van der Waals surface area (Å²) in [5.74, 6) is 0.